The Balaban J connectivity index is 1.39. The predicted molar refractivity (Wildman–Crippen MR) is 103 cm³/mol. The highest BCUT2D eigenvalue weighted by Gasteiger charge is 2.38. The van der Waals surface area contributed by atoms with E-state index in [2.05, 4.69) is 56.3 Å². The molecule has 0 aromatic heterocycles. The molecule has 2 aromatic rings. The summed E-state index contributed by atoms with van der Waals surface area (Å²) in [6.07, 6.45) is 9.71. The van der Waals surface area contributed by atoms with Crippen LogP contribution < -0.4 is 0 Å². The van der Waals surface area contributed by atoms with Crippen LogP contribution in [0.3, 0.4) is 0 Å². The van der Waals surface area contributed by atoms with Gasteiger partial charge >= 0.3 is 0 Å². The zero-order valence-electron chi connectivity index (χ0n) is 15.2. The molecule has 0 nitrogen and oxygen atoms in total. The minimum atomic E-state index is 0.797. The Labute approximate surface area is 147 Å². The summed E-state index contributed by atoms with van der Waals surface area (Å²) in [5.41, 5.74) is 7.49. The summed E-state index contributed by atoms with van der Waals surface area (Å²) in [6.45, 7) is 4.43. The van der Waals surface area contributed by atoms with Crippen LogP contribution in [0.1, 0.15) is 78.2 Å². The van der Waals surface area contributed by atoms with E-state index < -0.39 is 0 Å². The van der Waals surface area contributed by atoms with Crippen LogP contribution in [-0.4, -0.2) is 0 Å². The second-order valence-corrected chi connectivity index (χ2v) is 8.30. The molecule has 4 rings (SSSR count). The van der Waals surface area contributed by atoms with Crippen molar-refractivity contribution in [2.45, 2.75) is 70.6 Å². The van der Waals surface area contributed by atoms with Gasteiger partial charge in [-0.1, -0.05) is 72.9 Å². The lowest BCUT2D eigenvalue weighted by atomic mass is 9.84. The van der Waals surface area contributed by atoms with Gasteiger partial charge in [-0.2, -0.15) is 0 Å². The molecule has 0 bridgehead atoms. The smallest absolute Gasteiger partial charge is 0.0127 e. The molecule has 2 fully saturated rings. The van der Waals surface area contributed by atoms with Crippen LogP contribution in [-0.2, 0) is 6.42 Å². The first-order valence-corrected chi connectivity index (χ1v) is 9.86. The summed E-state index contributed by atoms with van der Waals surface area (Å²) in [6, 6.07) is 16.7. The number of benzene rings is 2. The standard InChI is InChI=1S/C24H30/c1-17-12-18(2)14-19(13-17)15-23-16-24(23)22-10-8-21(9-11-22)20-6-4-3-5-7-20/h8-14,20,23-24H,3-7,15-16H2,1-2H3. The Bertz CT molecular complexity index is 668. The fraction of sp³-hybridized carbons (Fsp3) is 0.500. The minimum absolute atomic E-state index is 0.797. The molecule has 0 saturated heterocycles. The summed E-state index contributed by atoms with van der Waals surface area (Å²) in [7, 11) is 0. The molecule has 0 heteroatoms. The number of hydrogen-bond donors (Lipinski definition) is 0. The van der Waals surface area contributed by atoms with Gasteiger partial charge in [0, 0.05) is 0 Å². The minimum Gasteiger partial charge on any atom is -0.0585 e. The summed E-state index contributed by atoms with van der Waals surface area (Å²) in [5, 5.41) is 0. The van der Waals surface area contributed by atoms with Crippen molar-refractivity contribution in [3.63, 3.8) is 0 Å². The molecule has 0 aliphatic heterocycles. The second-order valence-electron chi connectivity index (χ2n) is 8.30. The third kappa shape index (κ3) is 3.58. The maximum absolute atomic E-state index is 2.43. The van der Waals surface area contributed by atoms with Crippen molar-refractivity contribution in [2.75, 3.05) is 0 Å². The van der Waals surface area contributed by atoms with Gasteiger partial charge in [-0.15, -0.1) is 0 Å². The molecule has 0 spiro atoms. The third-order valence-electron chi connectivity index (χ3n) is 6.14. The molecule has 0 N–H and O–H groups in total. The van der Waals surface area contributed by atoms with Gasteiger partial charge in [-0.05, 0) is 74.0 Å². The summed E-state index contributed by atoms with van der Waals surface area (Å²) < 4.78 is 0. The molecule has 2 aromatic carbocycles. The monoisotopic (exact) mass is 318 g/mol. The van der Waals surface area contributed by atoms with Crippen molar-refractivity contribution in [3.8, 4) is 0 Å². The molecule has 2 aliphatic rings. The summed E-state index contributed by atoms with van der Waals surface area (Å²) in [5.74, 6) is 2.48. The molecule has 2 atom stereocenters. The van der Waals surface area contributed by atoms with Crippen LogP contribution in [0.25, 0.3) is 0 Å². The lowest BCUT2D eigenvalue weighted by molar-refractivity contribution is 0.443. The normalized spacial score (nSPS) is 24.1. The molecule has 0 amide bonds. The second kappa shape index (κ2) is 6.75. The van der Waals surface area contributed by atoms with Crippen LogP contribution in [0.2, 0.25) is 0 Å². The van der Waals surface area contributed by atoms with E-state index in [1.54, 1.807) is 11.1 Å². The average Bonchev–Trinajstić information content (AvgIpc) is 3.34. The van der Waals surface area contributed by atoms with Gasteiger partial charge < -0.3 is 0 Å². The predicted octanol–water partition coefficient (Wildman–Crippen LogP) is 6.70. The fourth-order valence-corrected chi connectivity index (χ4v) is 4.82. The highest BCUT2D eigenvalue weighted by molar-refractivity contribution is 5.34. The first kappa shape index (κ1) is 15.9. The van der Waals surface area contributed by atoms with Crippen LogP contribution in [0.15, 0.2) is 42.5 Å². The Morgan fingerprint density at radius 2 is 1.42 bits per heavy atom. The largest absolute Gasteiger partial charge is 0.0585 e. The van der Waals surface area contributed by atoms with Gasteiger partial charge in [-0.25, -0.2) is 0 Å². The van der Waals surface area contributed by atoms with Crippen molar-refractivity contribution in [2.24, 2.45) is 5.92 Å². The molecule has 0 radical (unpaired) electrons. The Morgan fingerprint density at radius 1 is 0.792 bits per heavy atom. The van der Waals surface area contributed by atoms with Gasteiger partial charge in [0.1, 0.15) is 0 Å². The lowest BCUT2D eigenvalue weighted by Gasteiger charge is -2.22. The number of hydrogen-bond acceptors (Lipinski definition) is 0. The maximum atomic E-state index is 2.43. The molecule has 2 aliphatic carbocycles. The van der Waals surface area contributed by atoms with E-state index in [1.807, 2.05) is 0 Å². The third-order valence-corrected chi connectivity index (χ3v) is 6.14. The molecule has 126 valence electrons. The van der Waals surface area contributed by atoms with E-state index in [0.717, 1.165) is 17.8 Å². The topological polar surface area (TPSA) is 0 Å². The maximum Gasteiger partial charge on any atom is -0.0127 e. The Hall–Kier alpha value is -1.56. The molecular weight excluding hydrogens is 288 g/mol. The van der Waals surface area contributed by atoms with E-state index >= 15 is 0 Å². The van der Waals surface area contributed by atoms with Crippen LogP contribution >= 0.6 is 0 Å². The van der Waals surface area contributed by atoms with Crippen molar-refractivity contribution in [1.82, 2.24) is 0 Å². The Kier molecular flexibility index (Phi) is 4.48. The van der Waals surface area contributed by atoms with Crippen molar-refractivity contribution in [3.05, 3.63) is 70.3 Å². The Morgan fingerprint density at radius 3 is 2.08 bits per heavy atom. The zero-order chi connectivity index (χ0) is 16.5. The van der Waals surface area contributed by atoms with Gasteiger partial charge in [0.25, 0.3) is 0 Å². The van der Waals surface area contributed by atoms with Crippen molar-refractivity contribution < 1.29 is 0 Å². The lowest BCUT2D eigenvalue weighted by Crippen LogP contribution is -2.04. The SMILES string of the molecule is Cc1cc(C)cc(CC2CC2c2ccc(C3CCCCC3)cc2)c1. The first-order chi connectivity index (χ1) is 11.7. The number of rotatable bonds is 4. The van der Waals surface area contributed by atoms with Crippen LogP contribution in [0, 0.1) is 19.8 Å². The summed E-state index contributed by atoms with van der Waals surface area (Å²) in [4.78, 5) is 0. The van der Waals surface area contributed by atoms with E-state index in [0.29, 0.717) is 0 Å². The van der Waals surface area contributed by atoms with Gasteiger partial charge in [0.15, 0.2) is 0 Å². The quantitative estimate of drug-likeness (QED) is 0.588. The van der Waals surface area contributed by atoms with Crippen LogP contribution in [0.5, 0.6) is 0 Å². The average molecular weight is 319 g/mol. The van der Waals surface area contributed by atoms with E-state index in [4.69, 9.17) is 0 Å². The van der Waals surface area contributed by atoms with Crippen molar-refractivity contribution >= 4 is 0 Å². The highest BCUT2D eigenvalue weighted by atomic mass is 14.4. The number of aryl methyl sites for hydroxylation is 2. The van der Waals surface area contributed by atoms with Gasteiger partial charge in [0.2, 0.25) is 0 Å². The van der Waals surface area contributed by atoms with Gasteiger partial charge in [0.05, 0.1) is 0 Å². The van der Waals surface area contributed by atoms with E-state index in [-0.39, 0.29) is 0 Å². The molecule has 0 heterocycles. The zero-order valence-corrected chi connectivity index (χ0v) is 15.2. The highest BCUT2D eigenvalue weighted by Crippen LogP contribution is 2.49. The summed E-state index contributed by atoms with van der Waals surface area (Å²) >= 11 is 0. The van der Waals surface area contributed by atoms with Gasteiger partial charge in [-0.3, -0.25) is 0 Å². The van der Waals surface area contributed by atoms with Crippen LogP contribution in [0.4, 0.5) is 0 Å². The molecule has 24 heavy (non-hydrogen) atoms. The van der Waals surface area contributed by atoms with Crippen molar-refractivity contribution in [1.29, 1.82) is 0 Å². The molecule has 2 unspecified atom stereocenters. The molecular formula is C24H30. The molecule has 2 saturated carbocycles. The van der Waals surface area contributed by atoms with E-state index in [9.17, 15) is 0 Å². The van der Waals surface area contributed by atoms with E-state index in [1.165, 1.54) is 61.6 Å². The fourth-order valence-electron chi connectivity index (χ4n) is 4.82. The first-order valence-electron chi connectivity index (χ1n) is 9.86.